The maximum Gasteiger partial charge on any atom is 0.254 e. The van der Waals surface area contributed by atoms with Crippen molar-refractivity contribution in [3.8, 4) is 5.75 Å². The number of alkyl halides is 1. The smallest absolute Gasteiger partial charge is 0.254 e. The van der Waals surface area contributed by atoms with Gasteiger partial charge in [-0.3, -0.25) is 9.18 Å². The molecule has 0 bridgehead atoms. The van der Waals surface area contributed by atoms with Crippen LogP contribution >= 0.6 is 11.6 Å². The predicted molar refractivity (Wildman–Crippen MR) is 126 cm³/mol. The van der Waals surface area contributed by atoms with Crippen LogP contribution in [0.3, 0.4) is 0 Å². The van der Waals surface area contributed by atoms with Crippen LogP contribution in [-0.2, 0) is 11.2 Å². The molecule has 1 amide bonds. The van der Waals surface area contributed by atoms with Crippen LogP contribution in [0.25, 0.3) is 11.1 Å². The number of aliphatic hydroxyl groups is 1. The fraction of sp³-hybridized carbons (Fsp3) is 0.440. The van der Waals surface area contributed by atoms with E-state index in [0.29, 0.717) is 52.9 Å². The Kier molecular flexibility index (Phi) is 7.70. The van der Waals surface area contributed by atoms with Gasteiger partial charge in [-0.25, -0.2) is 4.98 Å². The van der Waals surface area contributed by atoms with E-state index >= 15 is 0 Å². The third-order valence-electron chi connectivity index (χ3n) is 6.09. The molecular formula is C25H28ClFN2O5. The molecule has 3 atom stereocenters. The summed E-state index contributed by atoms with van der Waals surface area (Å²) in [6.45, 7) is 2.07. The first-order valence-electron chi connectivity index (χ1n) is 11.3. The van der Waals surface area contributed by atoms with Crippen molar-refractivity contribution < 1.29 is 28.2 Å². The van der Waals surface area contributed by atoms with Gasteiger partial charge in [0.15, 0.2) is 17.2 Å². The Morgan fingerprint density at radius 1 is 1.38 bits per heavy atom. The van der Waals surface area contributed by atoms with Gasteiger partial charge < -0.3 is 23.9 Å². The second-order valence-corrected chi connectivity index (χ2v) is 8.95. The highest BCUT2D eigenvalue weighted by atomic mass is 35.5. The number of halogens is 2. The minimum atomic E-state index is -0.596. The largest absolute Gasteiger partial charge is 0.493 e. The minimum Gasteiger partial charge on any atom is -0.493 e. The zero-order valence-electron chi connectivity index (χ0n) is 19.2. The Morgan fingerprint density at radius 2 is 2.21 bits per heavy atom. The summed E-state index contributed by atoms with van der Waals surface area (Å²) in [6.07, 6.45) is 0.560. The fourth-order valence-corrected chi connectivity index (χ4v) is 4.49. The molecule has 1 saturated heterocycles. The van der Waals surface area contributed by atoms with Crippen LogP contribution in [0.1, 0.15) is 41.1 Å². The van der Waals surface area contributed by atoms with E-state index in [1.54, 1.807) is 35.2 Å². The SMILES string of the molecule is COc1cc(C(=O)N2CC(C)OC[C@@H]2CCO)cc2nc(CC(CF)c3cccc(Cl)c3)oc12. The van der Waals surface area contributed by atoms with Crippen molar-refractivity contribution in [3.05, 3.63) is 58.4 Å². The van der Waals surface area contributed by atoms with Crippen molar-refractivity contribution in [2.75, 3.05) is 33.5 Å². The van der Waals surface area contributed by atoms with E-state index in [2.05, 4.69) is 4.98 Å². The number of hydrogen-bond donors (Lipinski definition) is 1. The summed E-state index contributed by atoms with van der Waals surface area (Å²) >= 11 is 6.07. The quantitative estimate of drug-likeness (QED) is 0.504. The summed E-state index contributed by atoms with van der Waals surface area (Å²) in [7, 11) is 1.49. The molecule has 2 heterocycles. The van der Waals surface area contributed by atoms with E-state index in [1.807, 2.05) is 13.0 Å². The standard InChI is InChI=1S/C25H28ClFN2O5/c1-15-13-29(20(6-7-30)14-33-15)25(31)17-9-21-24(22(10-17)32-2)34-23(28-21)11-18(12-27)16-4-3-5-19(26)8-16/h3-5,8-10,15,18,20,30H,6-7,11-14H2,1-2H3/t15?,18?,20-/m0/s1. The van der Waals surface area contributed by atoms with E-state index in [0.717, 1.165) is 5.56 Å². The van der Waals surface area contributed by atoms with Crippen LogP contribution in [0.15, 0.2) is 40.8 Å². The van der Waals surface area contributed by atoms with Crippen molar-refractivity contribution >= 4 is 28.6 Å². The Balaban J connectivity index is 1.64. The molecule has 9 heteroatoms. The van der Waals surface area contributed by atoms with Gasteiger partial charge in [0.1, 0.15) is 5.52 Å². The van der Waals surface area contributed by atoms with Gasteiger partial charge >= 0.3 is 0 Å². The first-order chi connectivity index (χ1) is 16.4. The molecule has 34 heavy (non-hydrogen) atoms. The van der Waals surface area contributed by atoms with Crippen LogP contribution in [0.4, 0.5) is 4.39 Å². The highest BCUT2D eigenvalue weighted by Crippen LogP contribution is 2.32. The van der Waals surface area contributed by atoms with Crippen LogP contribution < -0.4 is 4.74 Å². The average Bonchev–Trinajstić information content (AvgIpc) is 3.25. The lowest BCUT2D eigenvalue weighted by Crippen LogP contribution is -2.51. The number of methoxy groups -OCH3 is 1. The Bertz CT molecular complexity index is 1150. The molecule has 3 aromatic rings. The fourth-order valence-electron chi connectivity index (χ4n) is 4.29. The second kappa shape index (κ2) is 10.7. The van der Waals surface area contributed by atoms with Crippen LogP contribution in [-0.4, -0.2) is 66.6 Å². The number of morpholine rings is 1. The monoisotopic (exact) mass is 490 g/mol. The topological polar surface area (TPSA) is 85.0 Å². The van der Waals surface area contributed by atoms with Gasteiger partial charge in [-0.1, -0.05) is 23.7 Å². The molecule has 0 spiro atoms. The number of aromatic nitrogens is 1. The number of benzene rings is 2. The maximum atomic E-state index is 13.9. The van der Waals surface area contributed by atoms with Crippen LogP contribution in [0, 0.1) is 0 Å². The molecule has 4 rings (SSSR count). The van der Waals surface area contributed by atoms with E-state index in [4.69, 9.17) is 25.5 Å². The van der Waals surface area contributed by atoms with E-state index in [1.165, 1.54) is 7.11 Å². The maximum absolute atomic E-state index is 13.9. The highest BCUT2D eigenvalue weighted by molar-refractivity contribution is 6.30. The number of hydrogen-bond acceptors (Lipinski definition) is 6. The summed E-state index contributed by atoms with van der Waals surface area (Å²) in [5.41, 5.74) is 2.02. The van der Waals surface area contributed by atoms with E-state index in [9.17, 15) is 14.3 Å². The molecule has 1 aromatic heterocycles. The van der Waals surface area contributed by atoms with Crippen molar-refractivity contribution in [1.29, 1.82) is 0 Å². The summed E-state index contributed by atoms with van der Waals surface area (Å²) in [6, 6.07) is 10.1. The lowest BCUT2D eigenvalue weighted by atomic mass is 9.97. The minimum absolute atomic E-state index is 0.0381. The zero-order valence-corrected chi connectivity index (χ0v) is 19.9. The normalized spacial score (nSPS) is 19.4. The molecule has 1 fully saturated rings. The van der Waals surface area contributed by atoms with Gasteiger partial charge in [0.05, 0.1) is 32.5 Å². The number of amides is 1. The molecule has 0 aliphatic carbocycles. The van der Waals surface area contributed by atoms with Gasteiger partial charge in [0.25, 0.3) is 5.91 Å². The number of nitrogens with zero attached hydrogens (tertiary/aromatic N) is 2. The van der Waals surface area contributed by atoms with Crippen LogP contribution in [0.5, 0.6) is 5.75 Å². The Labute approximate surface area is 202 Å². The average molecular weight is 491 g/mol. The number of carbonyl (C=O) groups excluding carboxylic acids is 1. The number of carbonyl (C=O) groups is 1. The molecule has 2 aromatic carbocycles. The zero-order chi connectivity index (χ0) is 24.2. The number of rotatable bonds is 8. The molecule has 0 saturated carbocycles. The number of aliphatic hydroxyl groups excluding tert-OH is 1. The highest BCUT2D eigenvalue weighted by Gasteiger charge is 2.31. The molecule has 1 aliphatic heterocycles. The molecule has 7 nitrogen and oxygen atoms in total. The Morgan fingerprint density at radius 3 is 2.91 bits per heavy atom. The number of oxazole rings is 1. The van der Waals surface area contributed by atoms with Crippen molar-refractivity contribution in [3.63, 3.8) is 0 Å². The molecule has 1 aliphatic rings. The van der Waals surface area contributed by atoms with Crippen molar-refractivity contribution in [2.45, 2.75) is 37.8 Å². The molecule has 1 N–H and O–H groups in total. The molecular weight excluding hydrogens is 463 g/mol. The van der Waals surface area contributed by atoms with Crippen LogP contribution in [0.2, 0.25) is 5.02 Å². The first-order valence-corrected chi connectivity index (χ1v) is 11.6. The first kappa shape index (κ1) is 24.4. The number of ether oxygens (including phenoxy) is 2. The van der Waals surface area contributed by atoms with Gasteiger partial charge in [0.2, 0.25) is 0 Å². The predicted octanol–water partition coefficient (Wildman–Crippen LogP) is 4.40. The third kappa shape index (κ3) is 5.19. The van der Waals surface area contributed by atoms with Gasteiger partial charge in [-0.05, 0) is 43.2 Å². The van der Waals surface area contributed by atoms with Crippen molar-refractivity contribution in [1.82, 2.24) is 9.88 Å². The Hall–Kier alpha value is -2.68. The summed E-state index contributed by atoms with van der Waals surface area (Å²) in [5.74, 6) is 0.0599. The van der Waals surface area contributed by atoms with Gasteiger partial charge in [-0.15, -0.1) is 0 Å². The molecule has 182 valence electrons. The van der Waals surface area contributed by atoms with Gasteiger partial charge in [-0.2, -0.15) is 0 Å². The lowest BCUT2D eigenvalue weighted by molar-refractivity contribution is -0.0486. The molecule has 0 radical (unpaired) electrons. The summed E-state index contributed by atoms with van der Waals surface area (Å²) < 4.78 is 30.9. The third-order valence-corrected chi connectivity index (χ3v) is 6.32. The van der Waals surface area contributed by atoms with Crippen molar-refractivity contribution in [2.24, 2.45) is 0 Å². The van der Waals surface area contributed by atoms with Gasteiger partial charge in [0, 0.05) is 36.1 Å². The summed E-state index contributed by atoms with van der Waals surface area (Å²) in [4.78, 5) is 19.7. The number of fused-ring (bicyclic) bond motifs is 1. The lowest BCUT2D eigenvalue weighted by Gasteiger charge is -2.38. The van der Waals surface area contributed by atoms with E-state index in [-0.39, 0.29) is 31.1 Å². The van der Waals surface area contributed by atoms with E-state index < -0.39 is 12.6 Å². The second-order valence-electron chi connectivity index (χ2n) is 8.51. The molecule has 2 unspecified atom stereocenters. The summed E-state index contributed by atoms with van der Waals surface area (Å²) in [5, 5.41) is 9.94.